The number of aromatic nitrogens is 3. The quantitative estimate of drug-likeness (QED) is 0.335. The molecular weight excluding hydrogens is 468 g/mol. The van der Waals surface area contributed by atoms with E-state index in [2.05, 4.69) is 31.0 Å². The molecule has 0 atom stereocenters. The van der Waals surface area contributed by atoms with Crippen molar-refractivity contribution in [2.24, 2.45) is 4.99 Å². The number of nitrogens with zero attached hydrogens (tertiary/aromatic N) is 3. The van der Waals surface area contributed by atoms with Crippen molar-refractivity contribution in [3.63, 3.8) is 0 Å². The van der Waals surface area contributed by atoms with Crippen molar-refractivity contribution in [1.29, 1.82) is 0 Å². The second kappa shape index (κ2) is 8.37. The van der Waals surface area contributed by atoms with E-state index in [4.69, 9.17) is 4.74 Å². The highest BCUT2D eigenvalue weighted by molar-refractivity contribution is 9.10. The van der Waals surface area contributed by atoms with Gasteiger partial charge in [-0.3, -0.25) is 19.7 Å². The minimum atomic E-state index is -0.453. The van der Waals surface area contributed by atoms with E-state index in [0.29, 0.717) is 27.8 Å². The van der Waals surface area contributed by atoms with E-state index in [1.54, 1.807) is 6.92 Å². The topological polar surface area (TPSA) is 89.3 Å². The van der Waals surface area contributed by atoms with Gasteiger partial charge >= 0.3 is 5.97 Å². The summed E-state index contributed by atoms with van der Waals surface area (Å²) in [5, 5.41) is 3.53. The van der Waals surface area contributed by atoms with Gasteiger partial charge in [0.2, 0.25) is 5.13 Å². The van der Waals surface area contributed by atoms with Crippen LogP contribution >= 0.6 is 27.3 Å². The molecule has 0 unspecified atom stereocenters. The summed E-state index contributed by atoms with van der Waals surface area (Å²) in [5.74, 6) is -0.453. The lowest BCUT2D eigenvalue weighted by atomic mass is 10.1. The van der Waals surface area contributed by atoms with Gasteiger partial charge in [0, 0.05) is 4.47 Å². The fourth-order valence-electron chi connectivity index (χ4n) is 3.06. The Bertz CT molecular complexity index is 1290. The van der Waals surface area contributed by atoms with Crippen LogP contribution in [0.4, 0.5) is 5.69 Å². The molecule has 4 aromatic rings. The van der Waals surface area contributed by atoms with Crippen LogP contribution in [0, 0.1) is 0 Å². The largest absolute Gasteiger partial charge is 0.469 e. The second-order valence-corrected chi connectivity index (χ2v) is 8.42. The summed E-state index contributed by atoms with van der Waals surface area (Å²) in [4.78, 5) is 34.3. The summed E-state index contributed by atoms with van der Waals surface area (Å²) >= 11 is 4.78. The third-order valence-electron chi connectivity index (χ3n) is 4.47. The maximum atomic E-state index is 13.3. The maximum Gasteiger partial charge on any atom is 0.311 e. The van der Waals surface area contributed by atoms with Crippen LogP contribution in [-0.4, -0.2) is 33.6 Å². The summed E-state index contributed by atoms with van der Waals surface area (Å²) in [7, 11) is 1.31. The molecule has 152 valence electrons. The van der Waals surface area contributed by atoms with Gasteiger partial charge in [-0.15, -0.1) is 0 Å². The van der Waals surface area contributed by atoms with Gasteiger partial charge in [0.1, 0.15) is 0 Å². The van der Waals surface area contributed by atoms with Crippen LogP contribution in [0.25, 0.3) is 15.3 Å². The van der Waals surface area contributed by atoms with Crippen LogP contribution in [0.3, 0.4) is 0 Å². The molecule has 2 heterocycles. The molecule has 2 aromatic heterocycles. The Morgan fingerprint density at radius 1 is 1.23 bits per heavy atom. The van der Waals surface area contributed by atoms with Crippen LogP contribution in [0.15, 0.2) is 62.8 Å². The molecule has 2 aromatic carbocycles. The van der Waals surface area contributed by atoms with E-state index in [0.717, 1.165) is 14.7 Å². The SMILES string of the molecule is COC(=O)Cc1[nH]n(-c2nc3ccccc3s2)c(=O)c1C(C)=Nc1ccc(Br)cc1. The molecule has 30 heavy (non-hydrogen) atoms. The molecule has 0 amide bonds. The highest BCUT2D eigenvalue weighted by atomic mass is 79.9. The van der Waals surface area contributed by atoms with Gasteiger partial charge in [0.25, 0.3) is 5.56 Å². The van der Waals surface area contributed by atoms with Gasteiger partial charge in [-0.2, -0.15) is 4.68 Å². The van der Waals surface area contributed by atoms with Gasteiger partial charge in [0.15, 0.2) is 0 Å². The molecule has 0 saturated carbocycles. The third-order valence-corrected chi connectivity index (χ3v) is 6.02. The average molecular weight is 485 g/mol. The highest BCUT2D eigenvalue weighted by Crippen LogP contribution is 2.24. The van der Waals surface area contributed by atoms with Gasteiger partial charge in [0.05, 0.1) is 46.4 Å². The maximum absolute atomic E-state index is 13.3. The molecule has 0 bridgehead atoms. The van der Waals surface area contributed by atoms with Crippen molar-refractivity contribution in [3.05, 3.63) is 74.6 Å². The number of hydrogen-bond acceptors (Lipinski definition) is 6. The highest BCUT2D eigenvalue weighted by Gasteiger charge is 2.22. The van der Waals surface area contributed by atoms with Crippen molar-refractivity contribution in [2.45, 2.75) is 13.3 Å². The number of aromatic amines is 1. The van der Waals surface area contributed by atoms with Crippen molar-refractivity contribution in [3.8, 4) is 5.13 Å². The van der Waals surface area contributed by atoms with Crippen molar-refractivity contribution >= 4 is 54.9 Å². The number of rotatable bonds is 5. The summed E-state index contributed by atoms with van der Waals surface area (Å²) in [5.41, 5.74) is 2.46. The Labute approximate surface area is 184 Å². The first-order valence-electron chi connectivity index (χ1n) is 9.04. The number of para-hydroxylation sites is 1. The first-order valence-corrected chi connectivity index (χ1v) is 10.6. The van der Waals surface area contributed by atoms with Crippen LogP contribution in [0.2, 0.25) is 0 Å². The number of nitrogens with one attached hydrogen (secondary N) is 1. The number of carbonyl (C=O) groups excluding carboxylic acids is 1. The predicted octanol–water partition coefficient (Wildman–Crippen LogP) is 4.39. The number of benzene rings is 2. The average Bonchev–Trinajstić information content (AvgIpc) is 3.30. The van der Waals surface area contributed by atoms with E-state index in [1.165, 1.54) is 23.1 Å². The molecule has 0 saturated heterocycles. The lowest BCUT2D eigenvalue weighted by Crippen LogP contribution is -2.19. The second-order valence-electron chi connectivity index (χ2n) is 6.50. The minimum absolute atomic E-state index is 0.0772. The van der Waals surface area contributed by atoms with Crippen molar-refractivity contribution in [2.75, 3.05) is 7.11 Å². The molecule has 1 N–H and O–H groups in total. The summed E-state index contributed by atoms with van der Waals surface area (Å²) in [6.45, 7) is 1.75. The molecule has 0 aliphatic heterocycles. The fourth-order valence-corrected chi connectivity index (χ4v) is 4.25. The van der Waals surface area contributed by atoms with Gasteiger partial charge in [-0.05, 0) is 43.3 Å². The minimum Gasteiger partial charge on any atom is -0.469 e. The molecule has 0 radical (unpaired) electrons. The van der Waals surface area contributed by atoms with E-state index >= 15 is 0 Å². The zero-order chi connectivity index (χ0) is 21.3. The first kappa shape index (κ1) is 20.2. The number of hydrogen-bond donors (Lipinski definition) is 1. The molecule has 0 spiro atoms. The molecule has 7 nitrogen and oxygen atoms in total. The predicted molar refractivity (Wildman–Crippen MR) is 121 cm³/mol. The van der Waals surface area contributed by atoms with E-state index in [9.17, 15) is 9.59 Å². The van der Waals surface area contributed by atoms with Crippen LogP contribution in [0.1, 0.15) is 18.2 Å². The first-order chi connectivity index (χ1) is 14.5. The number of thiazole rings is 1. The van der Waals surface area contributed by atoms with Crippen molar-refractivity contribution in [1.82, 2.24) is 14.8 Å². The monoisotopic (exact) mass is 484 g/mol. The smallest absolute Gasteiger partial charge is 0.311 e. The lowest BCUT2D eigenvalue weighted by molar-refractivity contribution is -0.139. The summed E-state index contributed by atoms with van der Waals surface area (Å²) in [6.07, 6.45) is -0.0772. The van der Waals surface area contributed by atoms with Gasteiger partial charge in [-0.1, -0.05) is 39.4 Å². The zero-order valence-electron chi connectivity index (χ0n) is 16.2. The normalized spacial score (nSPS) is 11.8. The van der Waals surface area contributed by atoms with Crippen LogP contribution in [0.5, 0.6) is 0 Å². The third kappa shape index (κ3) is 3.99. The molecule has 4 rings (SSSR count). The number of H-pyrrole nitrogens is 1. The van der Waals surface area contributed by atoms with Crippen molar-refractivity contribution < 1.29 is 9.53 Å². The van der Waals surface area contributed by atoms with Gasteiger partial charge in [-0.25, -0.2) is 4.98 Å². The standard InChI is InChI=1S/C21H17BrN4O3S/c1-12(23-14-9-7-13(22)8-10-14)19-16(11-18(27)29-2)25-26(20(19)28)21-24-15-5-3-4-6-17(15)30-21/h3-10,25H,11H2,1-2H3. The number of halogens is 1. The molecule has 0 fully saturated rings. The number of carbonyl (C=O) groups is 1. The number of ether oxygens (including phenoxy) is 1. The number of aliphatic imine (C=N–C) groups is 1. The Hall–Kier alpha value is -3.04. The van der Waals surface area contributed by atoms with E-state index in [-0.39, 0.29) is 12.0 Å². The summed E-state index contributed by atoms with van der Waals surface area (Å²) < 4.78 is 8.05. The van der Waals surface area contributed by atoms with Gasteiger partial charge < -0.3 is 4.74 Å². The number of methoxy groups -OCH3 is 1. The Balaban J connectivity index is 1.84. The lowest BCUT2D eigenvalue weighted by Gasteiger charge is -2.02. The van der Waals surface area contributed by atoms with Crippen LogP contribution in [-0.2, 0) is 16.0 Å². The zero-order valence-corrected chi connectivity index (χ0v) is 18.6. The van der Waals surface area contributed by atoms with Crippen LogP contribution < -0.4 is 5.56 Å². The summed E-state index contributed by atoms with van der Waals surface area (Å²) in [6, 6.07) is 15.1. The Morgan fingerprint density at radius 3 is 2.67 bits per heavy atom. The fraction of sp³-hybridized carbons (Fsp3) is 0.143. The van der Waals surface area contributed by atoms with E-state index in [1.807, 2.05) is 48.5 Å². The number of esters is 1. The molecule has 0 aliphatic rings. The molecular formula is C21H17BrN4O3S. The Kier molecular flexibility index (Phi) is 5.65. The number of fused-ring (bicyclic) bond motifs is 1. The molecule has 0 aliphatic carbocycles. The molecule has 9 heteroatoms. The Morgan fingerprint density at radius 2 is 1.97 bits per heavy atom. The van der Waals surface area contributed by atoms with E-state index < -0.39 is 5.97 Å².